The van der Waals surface area contributed by atoms with Gasteiger partial charge in [0.25, 0.3) is 5.91 Å². The maximum atomic E-state index is 12.6. The molecule has 4 rings (SSSR count). The molecule has 132 valence electrons. The van der Waals surface area contributed by atoms with Gasteiger partial charge >= 0.3 is 0 Å². The van der Waals surface area contributed by atoms with Gasteiger partial charge in [-0.05, 0) is 36.8 Å². The molecule has 1 atom stereocenters. The Hall–Kier alpha value is -2.99. The summed E-state index contributed by atoms with van der Waals surface area (Å²) in [5.74, 6) is 1.31. The van der Waals surface area contributed by atoms with Crippen molar-refractivity contribution in [2.24, 2.45) is 0 Å². The molecular weight excluding hydrogens is 354 g/mol. The van der Waals surface area contributed by atoms with Crippen LogP contribution in [0.4, 0.5) is 5.82 Å². The molecule has 2 aromatic carbocycles. The molecule has 0 aliphatic carbocycles. The Bertz CT molecular complexity index is 953. The minimum Gasteiger partial charge on any atom is -0.485 e. The Morgan fingerprint density at radius 2 is 1.92 bits per heavy atom. The van der Waals surface area contributed by atoms with Crippen LogP contribution < -0.4 is 14.8 Å². The lowest BCUT2D eigenvalue weighted by molar-refractivity contribution is -0.125. The molecule has 1 aliphatic heterocycles. The average molecular weight is 370 g/mol. The highest BCUT2D eigenvalue weighted by atomic mass is 35.5. The summed E-state index contributed by atoms with van der Waals surface area (Å²) in [4.78, 5) is 12.6. The Labute approximate surface area is 155 Å². The number of benzene rings is 2. The fraction of sp³-hybridized carbons (Fsp3) is 0.158. The molecule has 0 bridgehead atoms. The average Bonchev–Trinajstić information content (AvgIpc) is 3.02. The van der Waals surface area contributed by atoms with E-state index in [1.807, 2.05) is 31.2 Å². The molecule has 6 nitrogen and oxygen atoms in total. The molecule has 0 fully saturated rings. The van der Waals surface area contributed by atoms with Crippen molar-refractivity contribution in [3.63, 3.8) is 0 Å². The number of aryl methyl sites for hydroxylation is 1. The quantitative estimate of drug-likeness (QED) is 0.736. The largest absolute Gasteiger partial charge is 0.485 e. The first-order chi connectivity index (χ1) is 12.6. The number of carbonyl (C=O) groups excluding carboxylic acids is 1. The van der Waals surface area contributed by atoms with Gasteiger partial charge in [-0.15, -0.1) is 0 Å². The van der Waals surface area contributed by atoms with Crippen molar-refractivity contribution < 1.29 is 14.3 Å². The van der Waals surface area contributed by atoms with Gasteiger partial charge in [0, 0.05) is 16.3 Å². The lowest BCUT2D eigenvalue weighted by Crippen LogP contribution is -2.40. The highest BCUT2D eigenvalue weighted by Gasteiger charge is 2.28. The van der Waals surface area contributed by atoms with E-state index in [1.54, 1.807) is 24.3 Å². The summed E-state index contributed by atoms with van der Waals surface area (Å²) < 4.78 is 11.3. The Kier molecular flexibility index (Phi) is 4.26. The van der Waals surface area contributed by atoms with E-state index < -0.39 is 6.10 Å². The SMILES string of the molecule is Cc1[nH]nc(NC(=O)[C@@H]2COc3ccccc3O2)c1-c1ccc(Cl)cc1. The zero-order valence-corrected chi connectivity index (χ0v) is 14.7. The topological polar surface area (TPSA) is 76.2 Å². The highest BCUT2D eigenvalue weighted by molar-refractivity contribution is 6.30. The molecule has 2 heterocycles. The first-order valence-corrected chi connectivity index (χ1v) is 8.50. The minimum absolute atomic E-state index is 0.141. The van der Waals surface area contributed by atoms with Crippen LogP contribution in [0.1, 0.15) is 5.69 Å². The third kappa shape index (κ3) is 3.11. The van der Waals surface area contributed by atoms with Crippen molar-refractivity contribution in [1.82, 2.24) is 10.2 Å². The molecule has 0 unspecified atom stereocenters. The molecule has 0 saturated carbocycles. The smallest absolute Gasteiger partial charge is 0.270 e. The molecule has 1 aliphatic rings. The predicted molar refractivity (Wildman–Crippen MR) is 98.8 cm³/mol. The van der Waals surface area contributed by atoms with Crippen LogP contribution in [0.5, 0.6) is 11.5 Å². The Morgan fingerprint density at radius 1 is 1.19 bits per heavy atom. The van der Waals surface area contributed by atoms with Crippen LogP contribution in [0.2, 0.25) is 5.02 Å². The third-order valence-electron chi connectivity index (χ3n) is 4.12. The standard InChI is InChI=1S/C19H16ClN3O3/c1-11-17(12-6-8-13(20)9-7-12)18(23-22-11)21-19(24)16-10-25-14-4-2-3-5-15(14)26-16/h2-9,16H,10H2,1H3,(H2,21,22,23,24)/t16-/m0/s1. The van der Waals surface area contributed by atoms with Crippen LogP contribution >= 0.6 is 11.6 Å². The van der Waals surface area contributed by atoms with Gasteiger partial charge in [0.05, 0.1) is 0 Å². The number of rotatable bonds is 3. The first-order valence-electron chi connectivity index (χ1n) is 8.12. The summed E-state index contributed by atoms with van der Waals surface area (Å²) in [5, 5.41) is 10.6. The molecule has 7 heteroatoms. The number of aromatic nitrogens is 2. The molecule has 0 saturated heterocycles. The number of nitrogens with one attached hydrogen (secondary N) is 2. The van der Waals surface area contributed by atoms with E-state index in [4.69, 9.17) is 21.1 Å². The van der Waals surface area contributed by atoms with Gasteiger partial charge in [0.1, 0.15) is 6.61 Å². The number of anilines is 1. The normalized spacial score (nSPS) is 15.5. The number of para-hydroxylation sites is 2. The Morgan fingerprint density at radius 3 is 2.69 bits per heavy atom. The van der Waals surface area contributed by atoms with Gasteiger partial charge in [-0.25, -0.2) is 0 Å². The second-order valence-electron chi connectivity index (χ2n) is 5.93. The summed E-state index contributed by atoms with van der Waals surface area (Å²) >= 11 is 5.96. The van der Waals surface area contributed by atoms with Crippen molar-refractivity contribution in [3.05, 3.63) is 59.2 Å². The van der Waals surface area contributed by atoms with Crippen molar-refractivity contribution in [2.45, 2.75) is 13.0 Å². The van der Waals surface area contributed by atoms with E-state index in [0.717, 1.165) is 16.8 Å². The van der Waals surface area contributed by atoms with Gasteiger partial charge in [-0.1, -0.05) is 35.9 Å². The molecule has 2 N–H and O–H groups in total. The van der Waals surface area contributed by atoms with Gasteiger partial charge in [-0.2, -0.15) is 5.10 Å². The van der Waals surface area contributed by atoms with Gasteiger partial charge in [0.15, 0.2) is 17.3 Å². The number of amides is 1. The van der Waals surface area contributed by atoms with Gasteiger partial charge in [0.2, 0.25) is 6.10 Å². The lowest BCUT2D eigenvalue weighted by atomic mass is 10.1. The summed E-state index contributed by atoms with van der Waals surface area (Å²) in [6.45, 7) is 2.03. The zero-order valence-electron chi connectivity index (χ0n) is 14.0. The fourth-order valence-corrected chi connectivity index (χ4v) is 2.96. The van der Waals surface area contributed by atoms with Crippen molar-refractivity contribution in [1.29, 1.82) is 0 Å². The van der Waals surface area contributed by atoms with Crippen LogP contribution in [0.15, 0.2) is 48.5 Å². The molecule has 0 spiro atoms. The number of nitrogens with zero attached hydrogens (tertiary/aromatic N) is 1. The van der Waals surface area contributed by atoms with Crippen LogP contribution in [0.25, 0.3) is 11.1 Å². The number of carbonyl (C=O) groups is 1. The first kappa shape index (κ1) is 16.5. The second kappa shape index (κ2) is 6.72. The molecular formula is C19H16ClN3O3. The molecule has 26 heavy (non-hydrogen) atoms. The third-order valence-corrected chi connectivity index (χ3v) is 4.37. The fourth-order valence-electron chi connectivity index (χ4n) is 2.84. The van der Waals surface area contributed by atoms with E-state index >= 15 is 0 Å². The Balaban J connectivity index is 1.55. The zero-order chi connectivity index (χ0) is 18.1. The maximum Gasteiger partial charge on any atom is 0.270 e. The number of halogens is 1. The van der Waals surface area contributed by atoms with Crippen LogP contribution in [0.3, 0.4) is 0 Å². The number of aromatic amines is 1. The monoisotopic (exact) mass is 369 g/mol. The van der Waals surface area contributed by atoms with E-state index in [2.05, 4.69) is 15.5 Å². The molecule has 3 aromatic rings. The number of hydrogen-bond acceptors (Lipinski definition) is 4. The predicted octanol–water partition coefficient (Wildman–Crippen LogP) is 3.82. The van der Waals surface area contributed by atoms with Crippen molar-refractivity contribution >= 4 is 23.3 Å². The summed E-state index contributed by atoms with van der Waals surface area (Å²) in [5.41, 5.74) is 2.56. The van der Waals surface area contributed by atoms with E-state index in [1.165, 1.54) is 0 Å². The molecule has 0 radical (unpaired) electrons. The van der Waals surface area contributed by atoms with Crippen molar-refractivity contribution in [3.8, 4) is 22.6 Å². The lowest BCUT2D eigenvalue weighted by Gasteiger charge is -2.25. The van der Waals surface area contributed by atoms with Crippen LogP contribution in [-0.2, 0) is 4.79 Å². The van der Waals surface area contributed by atoms with E-state index in [-0.39, 0.29) is 12.5 Å². The summed E-state index contributed by atoms with van der Waals surface area (Å²) in [7, 11) is 0. The summed E-state index contributed by atoms with van der Waals surface area (Å²) in [6, 6.07) is 14.6. The van der Waals surface area contributed by atoms with Crippen molar-refractivity contribution in [2.75, 3.05) is 11.9 Å². The second-order valence-corrected chi connectivity index (χ2v) is 6.37. The maximum absolute atomic E-state index is 12.6. The van der Waals surface area contributed by atoms with E-state index in [9.17, 15) is 4.79 Å². The highest BCUT2D eigenvalue weighted by Crippen LogP contribution is 2.33. The molecule has 1 amide bonds. The van der Waals surface area contributed by atoms with Gasteiger partial charge in [-0.3, -0.25) is 9.89 Å². The summed E-state index contributed by atoms with van der Waals surface area (Å²) in [6.07, 6.45) is -0.750. The number of hydrogen-bond donors (Lipinski definition) is 2. The van der Waals surface area contributed by atoms with Crippen LogP contribution in [0, 0.1) is 6.92 Å². The number of ether oxygens (including phenoxy) is 2. The molecule has 1 aromatic heterocycles. The van der Waals surface area contributed by atoms with E-state index in [0.29, 0.717) is 22.3 Å². The van der Waals surface area contributed by atoms with Gasteiger partial charge < -0.3 is 14.8 Å². The van der Waals surface area contributed by atoms with Crippen LogP contribution in [-0.4, -0.2) is 28.8 Å². The number of fused-ring (bicyclic) bond motifs is 1. The number of H-pyrrole nitrogens is 1. The minimum atomic E-state index is -0.750.